The standard InChI is InChI=1S/C31H33F2N3O/c1-22-4-5-23-14-15-34-30(23)13-11-28(22)25-8-12-29(33)26(20-25)21-36(19-18-35-16-2-3-17-35)31(37)24-6-9-27(32)10-7-24/h6-15,20,34H,2-5,16-19,21H2,1H3/b13-11-,28-22-. The molecule has 4 nitrogen and oxygen atoms in total. The monoisotopic (exact) mass is 501 g/mol. The van der Waals surface area contributed by atoms with E-state index in [1.807, 2.05) is 18.3 Å². The van der Waals surface area contributed by atoms with E-state index in [0.29, 0.717) is 17.7 Å². The van der Waals surface area contributed by atoms with Crippen molar-refractivity contribution in [3.8, 4) is 0 Å². The minimum Gasteiger partial charge on any atom is -0.361 e. The molecule has 1 aliphatic carbocycles. The van der Waals surface area contributed by atoms with Crippen LogP contribution in [0.5, 0.6) is 0 Å². The predicted octanol–water partition coefficient (Wildman–Crippen LogP) is 6.46. The molecule has 1 fully saturated rings. The van der Waals surface area contributed by atoms with E-state index in [-0.39, 0.29) is 24.1 Å². The van der Waals surface area contributed by atoms with Crippen LogP contribution in [0.25, 0.3) is 11.6 Å². The van der Waals surface area contributed by atoms with Crippen molar-refractivity contribution in [2.45, 2.75) is 39.2 Å². The van der Waals surface area contributed by atoms with E-state index in [9.17, 15) is 9.18 Å². The van der Waals surface area contributed by atoms with Crippen LogP contribution in [-0.2, 0) is 13.0 Å². The van der Waals surface area contributed by atoms with Crippen LogP contribution in [0.4, 0.5) is 8.78 Å². The SMILES string of the molecule is C/C1=C(c2ccc(F)c(CN(CCN3CCCC3)C(=O)c3ccc(F)cc3)c2)\C=C/c2[nH]ccc2CC1. The van der Waals surface area contributed by atoms with Crippen LogP contribution >= 0.6 is 0 Å². The summed E-state index contributed by atoms with van der Waals surface area (Å²) in [5, 5.41) is 0. The number of fused-ring (bicyclic) bond motifs is 1. The zero-order valence-electron chi connectivity index (χ0n) is 21.3. The summed E-state index contributed by atoms with van der Waals surface area (Å²) < 4.78 is 28.6. The number of halogens is 2. The lowest BCUT2D eigenvalue weighted by Gasteiger charge is -2.26. The molecule has 2 heterocycles. The zero-order valence-corrected chi connectivity index (χ0v) is 21.3. The van der Waals surface area contributed by atoms with Gasteiger partial charge in [0.05, 0.1) is 0 Å². The molecule has 192 valence electrons. The summed E-state index contributed by atoms with van der Waals surface area (Å²) in [7, 11) is 0. The average molecular weight is 502 g/mol. The number of aromatic nitrogens is 1. The van der Waals surface area contributed by atoms with Gasteiger partial charge < -0.3 is 14.8 Å². The predicted molar refractivity (Wildman–Crippen MR) is 144 cm³/mol. The summed E-state index contributed by atoms with van der Waals surface area (Å²) in [4.78, 5) is 20.7. The summed E-state index contributed by atoms with van der Waals surface area (Å²) in [5.74, 6) is -0.938. The first-order valence-electron chi connectivity index (χ1n) is 13.1. The normalized spacial score (nSPS) is 18.8. The van der Waals surface area contributed by atoms with Crippen molar-refractivity contribution < 1.29 is 13.6 Å². The van der Waals surface area contributed by atoms with E-state index in [0.717, 1.165) is 62.1 Å². The van der Waals surface area contributed by atoms with E-state index in [4.69, 9.17) is 0 Å². The van der Waals surface area contributed by atoms with Crippen molar-refractivity contribution in [1.82, 2.24) is 14.8 Å². The Bertz CT molecular complexity index is 1320. The highest BCUT2D eigenvalue weighted by Crippen LogP contribution is 2.29. The maximum atomic E-state index is 15.1. The lowest BCUT2D eigenvalue weighted by atomic mass is 9.92. The van der Waals surface area contributed by atoms with E-state index in [1.54, 1.807) is 4.90 Å². The quantitative estimate of drug-likeness (QED) is 0.403. The van der Waals surface area contributed by atoms with Crippen molar-refractivity contribution >= 4 is 17.6 Å². The molecular weight excluding hydrogens is 468 g/mol. The van der Waals surface area contributed by atoms with Crippen LogP contribution < -0.4 is 0 Å². The molecule has 1 aliphatic heterocycles. The first-order valence-corrected chi connectivity index (χ1v) is 13.1. The summed E-state index contributed by atoms with van der Waals surface area (Å²) in [5.41, 5.74) is 6.54. The molecule has 2 aliphatic rings. The van der Waals surface area contributed by atoms with Gasteiger partial charge >= 0.3 is 0 Å². The van der Waals surface area contributed by atoms with Gasteiger partial charge in [0.25, 0.3) is 5.91 Å². The number of carbonyl (C=O) groups is 1. The molecule has 1 amide bonds. The molecule has 1 aromatic heterocycles. The molecule has 0 spiro atoms. The summed E-state index contributed by atoms with van der Waals surface area (Å²) in [6, 6.07) is 12.9. The van der Waals surface area contributed by atoms with E-state index in [2.05, 4.69) is 35.0 Å². The lowest BCUT2D eigenvalue weighted by Crippen LogP contribution is -2.37. The number of nitrogens with one attached hydrogen (secondary N) is 1. The second kappa shape index (κ2) is 11.3. The van der Waals surface area contributed by atoms with E-state index >= 15 is 4.39 Å². The number of hydrogen-bond acceptors (Lipinski definition) is 2. The van der Waals surface area contributed by atoms with Gasteiger partial charge in [-0.1, -0.05) is 17.7 Å². The Balaban J connectivity index is 1.42. The minimum absolute atomic E-state index is 0.153. The maximum Gasteiger partial charge on any atom is 0.254 e. The number of H-pyrrole nitrogens is 1. The highest BCUT2D eigenvalue weighted by Gasteiger charge is 2.21. The molecule has 37 heavy (non-hydrogen) atoms. The van der Waals surface area contributed by atoms with Crippen LogP contribution in [-0.4, -0.2) is 46.9 Å². The molecule has 0 unspecified atom stereocenters. The Morgan fingerprint density at radius 3 is 2.57 bits per heavy atom. The third-order valence-corrected chi connectivity index (χ3v) is 7.50. The fourth-order valence-corrected chi connectivity index (χ4v) is 5.26. The fourth-order valence-electron chi connectivity index (χ4n) is 5.26. The van der Waals surface area contributed by atoms with Crippen molar-refractivity contribution in [3.63, 3.8) is 0 Å². The first-order chi connectivity index (χ1) is 18.0. The van der Waals surface area contributed by atoms with Gasteiger partial charge in [-0.15, -0.1) is 0 Å². The molecule has 2 aromatic carbocycles. The Kier molecular flexibility index (Phi) is 7.65. The minimum atomic E-state index is -0.388. The van der Waals surface area contributed by atoms with Gasteiger partial charge in [0.15, 0.2) is 0 Å². The maximum absolute atomic E-state index is 15.1. The number of allylic oxidation sites excluding steroid dienone is 3. The summed E-state index contributed by atoms with van der Waals surface area (Å²) in [6.07, 6.45) is 10.3. The number of carbonyl (C=O) groups excluding carboxylic acids is 1. The Hall–Kier alpha value is -3.51. The van der Waals surface area contributed by atoms with Gasteiger partial charge in [0.2, 0.25) is 0 Å². The van der Waals surface area contributed by atoms with Gasteiger partial charge in [-0.05, 0) is 111 Å². The molecule has 5 rings (SSSR count). The molecule has 6 heteroatoms. The van der Waals surface area contributed by atoms with Crippen molar-refractivity contribution in [3.05, 3.63) is 106 Å². The number of amides is 1. The van der Waals surface area contributed by atoms with Gasteiger partial charge in [0, 0.05) is 42.7 Å². The average Bonchev–Trinajstić information content (AvgIpc) is 3.58. The molecule has 0 saturated carbocycles. The summed E-state index contributed by atoms with van der Waals surface area (Å²) >= 11 is 0. The third kappa shape index (κ3) is 5.91. The number of aryl methyl sites for hydroxylation is 1. The van der Waals surface area contributed by atoms with Gasteiger partial charge in [-0.3, -0.25) is 4.79 Å². The van der Waals surface area contributed by atoms with Gasteiger partial charge in [-0.25, -0.2) is 8.78 Å². The first kappa shape index (κ1) is 25.2. The highest BCUT2D eigenvalue weighted by molar-refractivity contribution is 5.94. The molecule has 0 radical (unpaired) electrons. The van der Waals surface area contributed by atoms with Crippen LogP contribution in [0.1, 0.15) is 58.9 Å². The number of hydrogen-bond donors (Lipinski definition) is 1. The van der Waals surface area contributed by atoms with Crippen molar-refractivity contribution in [2.24, 2.45) is 0 Å². The Labute approximate surface area is 217 Å². The molecule has 0 atom stereocenters. The van der Waals surface area contributed by atoms with Gasteiger partial charge in [-0.2, -0.15) is 0 Å². The number of benzene rings is 2. The largest absolute Gasteiger partial charge is 0.361 e. The fraction of sp³-hybridized carbons (Fsp3) is 0.323. The topological polar surface area (TPSA) is 39.3 Å². The van der Waals surface area contributed by atoms with Crippen LogP contribution in [0, 0.1) is 11.6 Å². The molecule has 1 N–H and O–H groups in total. The number of rotatable bonds is 7. The van der Waals surface area contributed by atoms with Crippen LogP contribution in [0.15, 0.2) is 66.4 Å². The number of aromatic amines is 1. The van der Waals surface area contributed by atoms with Crippen molar-refractivity contribution in [2.75, 3.05) is 26.2 Å². The van der Waals surface area contributed by atoms with E-state index in [1.165, 1.54) is 41.5 Å². The van der Waals surface area contributed by atoms with Gasteiger partial charge in [0.1, 0.15) is 11.6 Å². The number of nitrogens with zero attached hydrogens (tertiary/aromatic N) is 2. The third-order valence-electron chi connectivity index (χ3n) is 7.50. The second-order valence-electron chi connectivity index (χ2n) is 10.0. The molecule has 3 aromatic rings. The number of likely N-dealkylation sites (tertiary alicyclic amines) is 1. The van der Waals surface area contributed by atoms with E-state index < -0.39 is 0 Å². The smallest absolute Gasteiger partial charge is 0.254 e. The molecular formula is C31H33F2N3O. The molecule has 1 saturated heterocycles. The summed E-state index contributed by atoms with van der Waals surface area (Å²) in [6.45, 7) is 5.54. The Morgan fingerprint density at radius 1 is 1.00 bits per heavy atom. The lowest BCUT2D eigenvalue weighted by molar-refractivity contribution is 0.0725. The van der Waals surface area contributed by atoms with Crippen LogP contribution in [0.3, 0.4) is 0 Å². The van der Waals surface area contributed by atoms with Crippen molar-refractivity contribution in [1.29, 1.82) is 0 Å². The van der Waals surface area contributed by atoms with Crippen LogP contribution in [0.2, 0.25) is 0 Å². The zero-order chi connectivity index (χ0) is 25.8. The second-order valence-corrected chi connectivity index (χ2v) is 10.0. The molecule has 0 bridgehead atoms. The Morgan fingerprint density at radius 2 is 1.78 bits per heavy atom. The highest BCUT2D eigenvalue weighted by atomic mass is 19.1.